The molecule has 0 bridgehead atoms. The fourth-order valence-corrected chi connectivity index (χ4v) is 2.26. The minimum Gasteiger partial charge on any atom is -0.294 e. The van der Waals surface area contributed by atoms with Crippen LogP contribution in [0.4, 0.5) is 13.2 Å². The molecule has 0 atom stereocenters. The molecule has 0 N–H and O–H groups in total. The molecule has 1 aromatic heterocycles. The number of hydrogen-bond donors (Lipinski definition) is 0. The van der Waals surface area contributed by atoms with Gasteiger partial charge in [-0.15, -0.1) is 11.8 Å². The van der Waals surface area contributed by atoms with E-state index in [-0.39, 0.29) is 17.8 Å². The molecule has 2 aromatic rings. The number of carbonyl (C=O) groups is 1. The zero-order chi connectivity index (χ0) is 15.5. The van der Waals surface area contributed by atoms with Gasteiger partial charge in [0.25, 0.3) is 0 Å². The lowest BCUT2D eigenvalue weighted by Crippen LogP contribution is -2.09. The van der Waals surface area contributed by atoms with Crippen LogP contribution in [0.15, 0.2) is 47.6 Å². The molecule has 0 saturated carbocycles. The highest BCUT2D eigenvalue weighted by Gasteiger charge is 2.30. The van der Waals surface area contributed by atoms with Gasteiger partial charge >= 0.3 is 6.18 Å². The number of Topliss-reactive ketones (excluding diaryl/α,β-unsaturated/α-hetero) is 1. The molecule has 0 aliphatic carbocycles. The Labute approximate surface area is 124 Å². The van der Waals surface area contributed by atoms with Gasteiger partial charge in [-0.2, -0.15) is 13.2 Å². The highest BCUT2D eigenvalue weighted by molar-refractivity contribution is 7.98. The van der Waals surface area contributed by atoms with Crippen LogP contribution in [0.3, 0.4) is 0 Å². The van der Waals surface area contributed by atoms with E-state index in [0.717, 1.165) is 22.7 Å². The van der Waals surface area contributed by atoms with Crippen molar-refractivity contribution in [2.24, 2.45) is 0 Å². The summed E-state index contributed by atoms with van der Waals surface area (Å²) < 4.78 is 37.9. The summed E-state index contributed by atoms with van der Waals surface area (Å²) in [5.41, 5.74) is -0.0167. The maximum atomic E-state index is 12.6. The Morgan fingerprint density at radius 3 is 2.67 bits per heavy atom. The highest BCUT2D eigenvalue weighted by Crippen LogP contribution is 2.29. The lowest BCUT2D eigenvalue weighted by Gasteiger charge is -2.08. The molecule has 1 heterocycles. The van der Waals surface area contributed by atoms with Crippen LogP contribution in [-0.4, -0.2) is 17.0 Å². The lowest BCUT2D eigenvalue weighted by atomic mass is 10.0. The Bertz CT molecular complexity index is 655. The smallest absolute Gasteiger partial charge is 0.294 e. The third kappa shape index (κ3) is 4.07. The van der Waals surface area contributed by atoms with Crippen LogP contribution in [0, 0.1) is 0 Å². The summed E-state index contributed by atoms with van der Waals surface area (Å²) in [4.78, 5) is 16.2. The second kappa shape index (κ2) is 6.30. The van der Waals surface area contributed by atoms with Gasteiger partial charge in [0.15, 0.2) is 5.78 Å². The van der Waals surface area contributed by atoms with E-state index in [1.54, 1.807) is 18.3 Å². The van der Waals surface area contributed by atoms with Gasteiger partial charge in [0.05, 0.1) is 10.6 Å². The number of nitrogens with zero attached hydrogens (tertiary/aromatic N) is 1. The maximum absolute atomic E-state index is 12.6. The van der Waals surface area contributed by atoms with E-state index in [4.69, 9.17) is 0 Å². The summed E-state index contributed by atoms with van der Waals surface area (Å²) in [7, 11) is 0. The molecule has 0 spiro atoms. The second-order valence-corrected chi connectivity index (χ2v) is 5.21. The van der Waals surface area contributed by atoms with Gasteiger partial charge in [-0.25, -0.2) is 4.98 Å². The number of alkyl halides is 3. The number of carbonyl (C=O) groups excluding carboxylic acids is 1. The van der Waals surface area contributed by atoms with Crippen molar-refractivity contribution in [1.29, 1.82) is 0 Å². The summed E-state index contributed by atoms with van der Waals surface area (Å²) in [6.45, 7) is 0. The van der Waals surface area contributed by atoms with Crippen molar-refractivity contribution in [3.63, 3.8) is 0 Å². The monoisotopic (exact) mass is 311 g/mol. The number of pyridine rings is 1. The van der Waals surface area contributed by atoms with Crippen LogP contribution in [0.1, 0.15) is 21.5 Å². The molecule has 0 aliphatic heterocycles. The van der Waals surface area contributed by atoms with Gasteiger partial charge in [-0.3, -0.25) is 4.79 Å². The van der Waals surface area contributed by atoms with E-state index in [0.29, 0.717) is 0 Å². The van der Waals surface area contributed by atoms with E-state index in [2.05, 4.69) is 4.98 Å². The van der Waals surface area contributed by atoms with Crippen LogP contribution < -0.4 is 0 Å². The fourth-order valence-electron chi connectivity index (χ4n) is 1.83. The number of hydrogen-bond acceptors (Lipinski definition) is 3. The second-order valence-electron chi connectivity index (χ2n) is 4.38. The van der Waals surface area contributed by atoms with Gasteiger partial charge in [0.1, 0.15) is 0 Å². The molecule has 0 aliphatic rings. The molecular formula is C15H12F3NOS. The molecule has 0 unspecified atom stereocenters. The van der Waals surface area contributed by atoms with Crippen molar-refractivity contribution < 1.29 is 18.0 Å². The topological polar surface area (TPSA) is 30.0 Å². The minimum absolute atomic E-state index is 0.0530. The standard InChI is InChI=1S/C15H12F3NOS/c1-21-14-8-10(5-6-19-14)7-13(20)11-3-2-4-12(9-11)15(16,17)18/h2-6,8-9H,7H2,1H3. The quantitative estimate of drug-likeness (QED) is 0.624. The molecule has 0 amide bonds. The first-order valence-corrected chi connectivity index (χ1v) is 7.32. The molecule has 0 fully saturated rings. The van der Waals surface area contributed by atoms with E-state index in [1.807, 2.05) is 6.26 Å². The largest absolute Gasteiger partial charge is 0.416 e. The Morgan fingerprint density at radius 2 is 2.00 bits per heavy atom. The Hall–Kier alpha value is -1.82. The van der Waals surface area contributed by atoms with E-state index < -0.39 is 11.7 Å². The van der Waals surface area contributed by atoms with Crippen LogP contribution in [0.5, 0.6) is 0 Å². The van der Waals surface area contributed by atoms with Crippen molar-refractivity contribution in [1.82, 2.24) is 4.98 Å². The first-order valence-electron chi connectivity index (χ1n) is 6.09. The molecule has 0 saturated heterocycles. The molecular weight excluding hydrogens is 299 g/mol. The van der Waals surface area contributed by atoms with Crippen LogP contribution in [-0.2, 0) is 12.6 Å². The lowest BCUT2D eigenvalue weighted by molar-refractivity contribution is -0.137. The molecule has 6 heteroatoms. The first kappa shape index (κ1) is 15.6. The Morgan fingerprint density at radius 1 is 1.24 bits per heavy atom. The van der Waals surface area contributed by atoms with Gasteiger partial charge in [0, 0.05) is 18.2 Å². The van der Waals surface area contributed by atoms with Gasteiger partial charge in [-0.05, 0) is 36.1 Å². The van der Waals surface area contributed by atoms with Crippen LogP contribution >= 0.6 is 11.8 Å². The third-order valence-electron chi connectivity index (χ3n) is 2.88. The number of halogens is 3. The number of thioether (sulfide) groups is 1. The van der Waals surface area contributed by atoms with E-state index >= 15 is 0 Å². The molecule has 2 nitrogen and oxygen atoms in total. The molecule has 21 heavy (non-hydrogen) atoms. The number of benzene rings is 1. The van der Waals surface area contributed by atoms with Crippen LogP contribution in [0.25, 0.3) is 0 Å². The van der Waals surface area contributed by atoms with Gasteiger partial charge in [-0.1, -0.05) is 12.1 Å². The SMILES string of the molecule is CSc1cc(CC(=O)c2cccc(C(F)(F)F)c2)ccn1. The maximum Gasteiger partial charge on any atom is 0.416 e. The number of rotatable bonds is 4. The van der Waals surface area contributed by atoms with Crippen LogP contribution in [0.2, 0.25) is 0 Å². The summed E-state index contributed by atoms with van der Waals surface area (Å²) in [5.74, 6) is -0.348. The predicted molar refractivity (Wildman–Crippen MR) is 75.5 cm³/mol. The molecule has 1 aromatic carbocycles. The molecule has 2 rings (SSSR count). The van der Waals surface area contributed by atoms with E-state index in [9.17, 15) is 18.0 Å². The zero-order valence-electron chi connectivity index (χ0n) is 11.1. The average molecular weight is 311 g/mol. The van der Waals surface area contributed by atoms with Gasteiger partial charge in [0.2, 0.25) is 0 Å². The number of ketones is 1. The predicted octanol–water partition coefficient (Wildman–Crippen LogP) is 4.25. The average Bonchev–Trinajstić information content (AvgIpc) is 2.46. The van der Waals surface area contributed by atoms with E-state index in [1.165, 1.54) is 23.9 Å². The fraction of sp³-hybridized carbons (Fsp3) is 0.200. The summed E-state index contributed by atoms with van der Waals surface area (Å²) >= 11 is 1.44. The van der Waals surface area contributed by atoms with Crippen molar-refractivity contribution in [3.05, 3.63) is 59.3 Å². The summed E-state index contributed by atoms with van der Waals surface area (Å²) in [5, 5.41) is 0.768. The third-order valence-corrected chi connectivity index (χ3v) is 3.53. The highest BCUT2D eigenvalue weighted by atomic mass is 32.2. The van der Waals surface area contributed by atoms with Crippen molar-refractivity contribution in [2.45, 2.75) is 17.6 Å². The molecule has 110 valence electrons. The Balaban J connectivity index is 2.20. The van der Waals surface area contributed by atoms with Gasteiger partial charge < -0.3 is 0 Å². The normalized spacial score (nSPS) is 11.4. The van der Waals surface area contributed by atoms with Crippen molar-refractivity contribution >= 4 is 17.5 Å². The van der Waals surface area contributed by atoms with Crippen molar-refractivity contribution in [3.8, 4) is 0 Å². The first-order chi connectivity index (χ1) is 9.90. The van der Waals surface area contributed by atoms with Crippen molar-refractivity contribution in [2.75, 3.05) is 6.26 Å². The summed E-state index contributed by atoms with van der Waals surface area (Å²) in [6.07, 6.45) is -0.947. The molecule has 0 radical (unpaired) electrons. The summed E-state index contributed by atoms with van der Waals surface area (Å²) in [6, 6.07) is 7.93. The zero-order valence-corrected chi connectivity index (χ0v) is 12.0. The Kier molecular flexibility index (Phi) is 4.67. The minimum atomic E-state index is -4.45. The number of aromatic nitrogens is 1.